The average molecular weight is 662 g/mol. The molecule has 0 radical (unpaired) electrons. The van der Waals surface area contributed by atoms with Crippen LogP contribution < -0.4 is 0 Å². The van der Waals surface area contributed by atoms with Gasteiger partial charge in [-0.2, -0.15) is 101 Å². The lowest BCUT2D eigenvalue weighted by Gasteiger charge is -2.62. The fraction of sp³-hybridized carbons (Fsp3) is 1.00. The van der Waals surface area contributed by atoms with Crippen molar-refractivity contribution in [3.63, 3.8) is 0 Å². The van der Waals surface area contributed by atoms with E-state index < -0.39 is 82.4 Å². The van der Waals surface area contributed by atoms with Crippen LogP contribution in [0.2, 0.25) is 0 Å². The summed E-state index contributed by atoms with van der Waals surface area (Å²) in [6, 6.07) is 0. The highest BCUT2D eigenvalue weighted by Gasteiger charge is 3.15. The quantitative estimate of drug-likeness (QED) is 0.263. The second kappa shape index (κ2) is 7.21. The predicted octanol–water partition coefficient (Wildman–Crippen LogP) is 8.05. The van der Waals surface area contributed by atoms with Gasteiger partial charge in [-0.25, -0.2) is 13.2 Å². The van der Waals surface area contributed by atoms with Crippen LogP contribution in [0, 0.1) is 0 Å². The SMILES string of the molecule is FC(F)(F)C(F)(C1(F)C(F)(F)C(F)(F)C(F)(F)C(F)(F)C1(F)F)C1(F)C(F)(F)C(F)(F)C(F)(F)C(F)(F)C1(F)F. The Kier molecular flexibility index (Phi) is 6.19. The van der Waals surface area contributed by atoms with Gasteiger partial charge in [0, 0.05) is 0 Å². The molecule has 0 aliphatic heterocycles. The van der Waals surface area contributed by atoms with Gasteiger partial charge >= 0.3 is 65.4 Å². The highest BCUT2D eigenvalue weighted by molar-refractivity contribution is 5.42. The van der Waals surface area contributed by atoms with Gasteiger partial charge in [-0.3, -0.25) is 0 Å². The van der Waals surface area contributed by atoms with Crippen molar-refractivity contribution < 1.29 is 114 Å². The molecule has 2 aliphatic rings. The van der Waals surface area contributed by atoms with E-state index in [0.717, 1.165) is 0 Å². The third-order valence-corrected chi connectivity index (χ3v) is 6.23. The van der Waals surface area contributed by atoms with Crippen molar-refractivity contribution >= 4 is 0 Å². The minimum absolute atomic E-state index is 8.71. The van der Waals surface area contributed by atoms with E-state index in [2.05, 4.69) is 0 Å². The van der Waals surface area contributed by atoms with Crippen molar-refractivity contribution in [3.05, 3.63) is 0 Å². The van der Waals surface area contributed by atoms with E-state index in [1.54, 1.807) is 0 Å². The highest BCUT2D eigenvalue weighted by atomic mass is 19.4. The Morgan fingerprint density at radius 2 is 0.350 bits per heavy atom. The zero-order chi connectivity index (χ0) is 33.0. The summed E-state index contributed by atoms with van der Waals surface area (Å²) in [5, 5.41) is 0. The topological polar surface area (TPSA) is 0 Å². The van der Waals surface area contributed by atoms with Crippen LogP contribution in [0.15, 0.2) is 0 Å². The molecule has 0 N–H and O–H groups in total. The van der Waals surface area contributed by atoms with Crippen LogP contribution in [0.1, 0.15) is 0 Å². The van der Waals surface area contributed by atoms with Gasteiger partial charge in [-0.15, -0.1) is 0 Å². The monoisotopic (exact) mass is 662 g/mol. The van der Waals surface area contributed by atoms with Crippen LogP contribution in [0.4, 0.5) is 114 Å². The molecule has 0 heterocycles. The Morgan fingerprint density at radius 3 is 0.475 bits per heavy atom. The average Bonchev–Trinajstić information content (AvgIpc) is 2.73. The lowest BCUT2D eigenvalue weighted by Crippen LogP contribution is -2.97. The maximum Gasteiger partial charge on any atom is 0.429 e. The molecule has 0 saturated heterocycles. The first kappa shape index (κ1) is 34.4. The van der Waals surface area contributed by atoms with E-state index >= 15 is 4.39 Å². The van der Waals surface area contributed by atoms with E-state index in [4.69, 9.17) is 0 Å². The van der Waals surface area contributed by atoms with Gasteiger partial charge in [0.25, 0.3) is 17.0 Å². The first-order valence-corrected chi connectivity index (χ1v) is 8.66. The molecule has 0 aromatic rings. The number of halogens is 26. The second-order valence-corrected chi connectivity index (χ2v) is 8.22. The fourth-order valence-electron chi connectivity index (χ4n) is 3.94. The van der Waals surface area contributed by atoms with Gasteiger partial charge in [-0.05, 0) is 0 Å². The van der Waals surface area contributed by atoms with Gasteiger partial charge < -0.3 is 0 Å². The summed E-state index contributed by atoms with van der Waals surface area (Å²) in [5.41, 5.74) is -30.9. The summed E-state index contributed by atoms with van der Waals surface area (Å²) in [4.78, 5) is 0. The van der Waals surface area contributed by atoms with Crippen molar-refractivity contribution in [1.29, 1.82) is 0 Å². The minimum Gasteiger partial charge on any atom is -0.226 e. The van der Waals surface area contributed by atoms with Crippen LogP contribution in [0.3, 0.4) is 0 Å². The molecule has 238 valence electrons. The van der Waals surface area contributed by atoms with Crippen molar-refractivity contribution in [2.45, 2.75) is 82.4 Å². The summed E-state index contributed by atoms with van der Waals surface area (Å²) >= 11 is 0. The van der Waals surface area contributed by atoms with E-state index in [0.29, 0.717) is 0 Å². The molecule has 0 amide bonds. The van der Waals surface area contributed by atoms with Crippen LogP contribution in [-0.2, 0) is 0 Å². The first-order valence-electron chi connectivity index (χ1n) is 8.66. The third-order valence-electron chi connectivity index (χ3n) is 6.23. The lowest BCUT2D eigenvalue weighted by molar-refractivity contribution is -0.552. The van der Waals surface area contributed by atoms with Gasteiger partial charge in [-0.1, -0.05) is 0 Å². The third kappa shape index (κ3) is 2.52. The molecule has 0 atom stereocenters. The van der Waals surface area contributed by atoms with Gasteiger partial charge in [0.1, 0.15) is 0 Å². The lowest BCUT2D eigenvalue weighted by atomic mass is 9.54. The smallest absolute Gasteiger partial charge is 0.226 e. The maximum atomic E-state index is 15.1. The molecule has 2 fully saturated rings. The van der Waals surface area contributed by atoms with E-state index in [-0.39, 0.29) is 0 Å². The number of hydrogen-bond donors (Lipinski definition) is 0. The Balaban J connectivity index is 3.45. The predicted molar refractivity (Wildman–Crippen MR) is 67.0 cm³/mol. The summed E-state index contributed by atoms with van der Waals surface area (Å²) in [6.07, 6.45) is -9.62. The first-order chi connectivity index (χ1) is 16.8. The Hall–Kier alpha value is -1.82. The minimum atomic E-state index is -10.5. The number of rotatable bonds is 2. The molecule has 0 aromatic heterocycles. The zero-order valence-electron chi connectivity index (χ0n) is 16.8. The van der Waals surface area contributed by atoms with Crippen LogP contribution >= 0.6 is 0 Å². The number of hydrogen-bond acceptors (Lipinski definition) is 0. The normalized spacial score (nSPS) is 33.1. The van der Waals surface area contributed by atoms with Crippen molar-refractivity contribution in [2.24, 2.45) is 0 Å². The summed E-state index contributed by atoms with van der Waals surface area (Å²) in [5.74, 6) is -92.2. The number of alkyl halides is 26. The van der Waals surface area contributed by atoms with E-state index in [9.17, 15) is 110 Å². The highest BCUT2D eigenvalue weighted by Crippen LogP contribution is 2.80. The molecule has 0 nitrogen and oxygen atoms in total. The Bertz CT molecular complexity index is 922. The molecule has 0 bridgehead atoms. The van der Waals surface area contributed by atoms with Crippen LogP contribution in [-0.4, -0.2) is 82.4 Å². The van der Waals surface area contributed by atoms with E-state index in [1.165, 1.54) is 0 Å². The van der Waals surface area contributed by atoms with Crippen molar-refractivity contribution in [3.8, 4) is 0 Å². The molecule has 26 heteroatoms. The molecule has 40 heavy (non-hydrogen) atoms. The van der Waals surface area contributed by atoms with Crippen LogP contribution in [0.5, 0.6) is 0 Å². The standard InChI is InChI=1S/C14F26/c15-1(14(38,39)40,2(16)4(18,19)8(26,27)12(34,35)9(28,29)5(2,20)21)3(17)6(22,23)10(30,31)13(36,37)11(32,33)7(3,24)25. The van der Waals surface area contributed by atoms with Crippen molar-refractivity contribution in [1.82, 2.24) is 0 Å². The Morgan fingerprint density at radius 1 is 0.225 bits per heavy atom. The molecular weight excluding hydrogens is 662 g/mol. The largest absolute Gasteiger partial charge is 0.429 e. The van der Waals surface area contributed by atoms with E-state index in [1.807, 2.05) is 0 Å². The molecular formula is C14F26. The molecule has 2 rings (SSSR count). The van der Waals surface area contributed by atoms with Gasteiger partial charge in [0.05, 0.1) is 0 Å². The maximum absolute atomic E-state index is 15.1. The summed E-state index contributed by atoms with van der Waals surface area (Å²) < 4.78 is 358. The summed E-state index contributed by atoms with van der Waals surface area (Å²) in [7, 11) is 0. The van der Waals surface area contributed by atoms with Gasteiger partial charge in [0.15, 0.2) is 0 Å². The Labute approximate surface area is 198 Å². The molecule has 2 saturated carbocycles. The van der Waals surface area contributed by atoms with Gasteiger partial charge in [0.2, 0.25) is 0 Å². The zero-order valence-corrected chi connectivity index (χ0v) is 16.8. The fourth-order valence-corrected chi connectivity index (χ4v) is 3.94. The van der Waals surface area contributed by atoms with Crippen molar-refractivity contribution in [2.75, 3.05) is 0 Å². The summed E-state index contributed by atoms with van der Waals surface area (Å²) in [6.45, 7) is 0. The molecule has 0 spiro atoms. The van der Waals surface area contributed by atoms with Crippen LogP contribution in [0.25, 0.3) is 0 Å². The second-order valence-electron chi connectivity index (χ2n) is 8.22. The molecule has 2 aliphatic carbocycles. The molecule has 0 aromatic carbocycles. The molecule has 0 unspecified atom stereocenters.